The number of hydrogen-bond acceptors (Lipinski definition) is 4. The summed E-state index contributed by atoms with van der Waals surface area (Å²) in [6.07, 6.45) is 7.60. The maximum Gasteiger partial charge on any atom is 0.163 e. The van der Waals surface area contributed by atoms with Crippen molar-refractivity contribution in [1.82, 2.24) is 19.1 Å². The lowest BCUT2D eigenvalue weighted by Gasteiger charge is -2.14. The molecule has 6 heteroatoms. The number of carbonyl (C=O) groups is 1. The van der Waals surface area contributed by atoms with E-state index in [0.29, 0.717) is 17.9 Å². The van der Waals surface area contributed by atoms with E-state index in [1.807, 2.05) is 29.1 Å². The van der Waals surface area contributed by atoms with Crippen molar-refractivity contribution in [2.45, 2.75) is 38.8 Å². The van der Waals surface area contributed by atoms with Crippen molar-refractivity contribution >= 4 is 22.6 Å². The molecule has 132 valence electrons. The lowest BCUT2D eigenvalue weighted by molar-refractivity contribution is 0.101. The van der Waals surface area contributed by atoms with Crippen LogP contribution in [0.15, 0.2) is 30.9 Å². The Morgan fingerprint density at radius 2 is 2.04 bits per heavy atom. The smallest absolute Gasteiger partial charge is 0.163 e. The Morgan fingerprint density at radius 1 is 1.31 bits per heavy atom. The molecule has 0 unspecified atom stereocenters. The van der Waals surface area contributed by atoms with Crippen LogP contribution in [-0.2, 0) is 12.1 Å². The Morgan fingerprint density at radius 3 is 2.65 bits per heavy atom. The summed E-state index contributed by atoms with van der Waals surface area (Å²) >= 11 is 0. The van der Waals surface area contributed by atoms with Crippen molar-refractivity contribution in [2.24, 2.45) is 0 Å². The highest BCUT2D eigenvalue weighted by atomic mass is 16.1. The van der Waals surface area contributed by atoms with Crippen LogP contribution in [-0.4, -0.2) is 31.9 Å². The molecule has 3 aromatic heterocycles. The Kier molecular flexibility index (Phi) is 3.80. The van der Waals surface area contributed by atoms with Crippen LogP contribution in [0.1, 0.15) is 42.7 Å². The molecule has 1 fully saturated rings. The lowest BCUT2D eigenvalue weighted by atomic mass is 10.1. The molecule has 4 rings (SSSR count). The Hall–Kier alpha value is -3.07. The monoisotopic (exact) mass is 347 g/mol. The number of nitrogens with zero attached hydrogens (tertiary/aromatic N) is 4. The minimum atomic E-state index is -0.0389. The third-order valence-electron chi connectivity index (χ3n) is 4.99. The van der Waals surface area contributed by atoms with Gasteiger partial charge in [0.05, 0.1) is 17.5 Å². The average molecular weight is 347 g/mol. The van der Waals surface area contributed by atoms with Gasteiger partial charge in [0.15, 0.2) is 5.78 Å². The van der Waals surface area contributed by atoms with Gasteiger partial charge in [-0.3, -0.25) is 4.79 Å². The van der Waals surface area contributed by atoms with E-state index in [1.54, 1.807) is 14.0 Å². The number of nitrogens with one attached hydrogen (secondary N) is 1. The van der Waals surface area contributed by atoms with Gasteiger partial charge in [-0.25, -0.2) is 9.97 Å². The van der Waals surface area contributed by atoms with Crippen molar-refractivity contribution in [3.05, 3.63) is 42.1 Å². The highest BCUT2D eigenvalue weighted by Crippen LogP contribution is 2.47. The van der Waals surface area contributed by atoms with Gasteiger partial charge in [0.25, 0.3) is 0 Å². The third kappa shape index (κ3) is 2.57. The summed E-state index contributed by atoms with van der Waals surface area (Å²) in [6, 6.07) is 3.94. The van der Waals surface area contributed by atoms with Gasteiger partial charge in [0.2, 0.25) is 0 Å². The fraction of sp³-hybridized carbons (Fsp3) is 0.350. The number of carbonyl (C=O) groups excluding carboxylic acids is 1. The van der Waals surface area contributed by atoms with Crippen LogP contribution in [0.4, 0.5) is 5.82 Å². The highest BCUT2D eigenvalue weighted by Gasteiger charge is 2.43. The SMILES string of the molecule is CNc1ncnc2c1c(C(C)=O)c(C#CCn1cccc1)n2C1(C)CC1. The summed E-state index contributed by atoms with van der Waals surface area (Å²) in [4.78, 5) is 21.3. The van der Waals surface area contributed by atoms with Crippen LogP contribution in [0.5, 0.6) is 0 Å². The first kappa shape index (κ1) is 16.4. The van der Waals surface area contributed by atoms with Gasteiger partial charge in [0, 0.05) is 25.0 Å². The van der Waals surface area contributed by atoms with Gasteiger partial charge in [-0.2, -0.15) is 0 Å². The molecule has 0 radical (unpaired) electrons. The van der Waals surface area contributed by atoms with Crippen LogP contribution in [0.25, 0.3) is 11.0 Å². The summed E-state index contributed by atoms with van der Waals surface area (Å²) in [5, 5.41) is 3.85. The van der Waals surface area contributed by atoms with E-state index in [9.17, 15) is 4.79 Å². The second-order valence-corrected chi connectivity index (χ2v) is 6.94. The van der Waals surface area contributed by atoms with Crippen molar-refractivity contribution < 1.29 is 4.79 Å². The first-order valence-electron chi connectivity index (χ1n) is 8.73. The number of ketones is 1. The van der Waals surface area contributed by atoms with E-state index in [2.05, 4.69) is 38.6 Å². The van der Waals surface area contributed by atoms with Gasteiger partial charge in [0.1, 0.15) is 23.5 Å². The minimum absolute atomic E-state index is 0.0189. The molecular weight excluding hydrogens is 326 g/mol. The van der Waals surface area contributed by atoms with Crippen LogP contribution in [0.3, 0.4) is 0 Å². The van der Waals surface area contributed by atoms with Crippen molar-refractivity contribution in [1.29, 1.82) is 0 Å². The molecule has 0 atom stereocenters. The topological polar surface area (TPSA) is 64.7 Å². The molecule has 1 N–H and O–H groups in total. The first-order chi connectivity index (χ1) is 12.5. The Labute approximate surface area is 152 Å². The molecule has 0 bridgehead atoms. The molecule has 1 aliphatic rings. The van der Waals surface area contributed by atoms with Gasteiger partial charge >= 0.3 is 0 Å². The predicted octanol–water partition coefficient (Wildman–Crippen LogP) is 3.04. The number of anilines is 1. The van der Waals surface area contributed by atoms with E-state index in [0.717, 1.165) is 29.6 Å². The van der Waals surface area contributed by atoms with Crippen molar-refractivity contribution in [3.8, 4) is 11.8 Å². The second kappa shape index (κ2) is 6.03. The van der Waals surface area contributed by atoms with Gasteiger partial charge < -0.3 is 14.5 Å². The van der Waals surface area contributed by atoms with E-state index in [-0.39, 0.29) is 11.3 Å². The molecule has 3 heterocycles. The van der Waals surface area contributed by atoms with Crippen LogP contribution in [0.2, 0.25) is 0 Å². The first-order valence-corrected chi connectivity index (χ1v) is 8.73. The summed E-state index contributed by atoms with van der Waals surface area (Å²) in [6.45, 7) is 4.35. The largest absolute Gasteiger partial charge is 0.372 e. The van der Waals surface area contributed by atoms with Gasteiger partial charge in [-0.05, 0) is 44.7 Å². The minimum Gasteiger partial charge on any atom is -0.372 e. The third-order valence-corrected chi connectivity index (χ3v) is 4.99. The van der Waals surface area contributed by atoms with E-state index >= 15 is 0 Å². The summed E-state index contributed by atoms with van der Waals surface area (Å²) in [5.41, 5.74) is 2.09. The van der Waals surface area contributed by atoms with Gasteiger partial charge in [-0.15, -0.1) is 0 Å². The molecule has 0 amide bonds. The van der Waals surface area contributed by atoms with Crippen molar-refractivity contribution in [3.63, 3.8) is 0 Å². The molecule has 0 saturated heterocycles. The fourth-order valence-corrected chi connectivity index (χ4v) is 3.38. The normalized spacial score (nSPS) is 14.7. The summed E-state index contributed by atoms with van der Waals surface area (Å²) in [7, 11) is 1.80. The van der Waals surface area contributed by atoms with Gasteiger partial charge in [-0.1, -0.05) is 5.92 Å². The summed E-state index contributed by atoms with van der Waals surface area (Å²) < 4.78 is 4.15. The lowest BCUT2D eigenvalue weighted by Crippen LogP contribution is -2.15. The number of rotatable bonds is 4. The quantitative estimate of drug-likeness (QED) is 0.582. The maximum absolute atomic E-state index is 12.5. The molecule has 1 saturated carbocycles. The molecular formula is C20H21N5O. The standard InChI is InChI=1S/C20H21N5O/c1-14(26)16-15(7-6-12-24-10-4-5-11-24)25(20(2)8-9-20)19-17(16)18(21-3)22-13-23-19/h4-5,10-11,13H,8-9,12H2,1-3H3,(H,21,22,23). The average Bonchev–Trinajstić information content (AvgIpc) is 3.05. The van der Waals surface area contributed by atoms with E-state index < -0.39 is 0 Å². The van der Waals surface area contributed by atoms with Crippen LogP contribution in [0, 0.1) is 11.8 Å². The van der Waals surface area contributed by atoms with Crippen LogP contribution >= 0.6 is 0 Å². The zero-order chi connectivity index (χ0) is 18.3. The van der Waals surface area contributed by atoms with Crippen molar-refractivity contribution in [2.75, 3.05) is 12.4 Å². The van der Waals surface area contributed by atoms with E-state index in [1.165, 1.54) is 6.33 Å². The number of Topliss-reactive ketones (excluding diaryl/α,β-unsaturated/α-hetero) is 1. The van der Waals surface area contributed by atoms with E-state index in [4.69, 9.17) is 0 Å². The molecule has 1 aliphatic carbocycles. The maximum atomic E-state index is 12.5. The number of fused-ring (bicyclic) bond motifs is 1. The number of hydrogen-bond donors (Lipinski definition) is 1. The Balaban J connectivity index is 1.96. The zero-order valence-electron chi connectivity index (χ0n) is 15.2. The zero-order valence-corrected chi connectivity index (χ0v) is 15.2. The number of aromatic nitrogens is 4. The predicted molar refractivity (Wildman–Crippen MR) is 101 cm³/mol. The molecule has 26 heavy (non-hydrogen) atoms. The summed E-state index contributed by atoms with van der Waals surface area (Å²) in [5.74, 6) is 7.12. The highest BCUT2D eigenvalue weighted by molar-refractivity contribution is 6.12. The van der Waals surface area contributed by atoms with Crippen LogP contribution < -0.4 is 5.32 Å². The molecule has 3 aromatic rings. The second-order valence-electron chi connectivity index (χ2n) is 6.94. The molecule has 0 aromatic carbocycles. The fourth-order valence-electron chi connectivity index (χ4n) is 3.38. The molecule has 0 aliphatic heterocycles. The molecule has 6 nitrogen and oxygen atoms in total. The Bertz CT molecular complexity index is 1050. The molecule has 0 spiro atoms.